The summed E-state index contributed by atoms with van der Waals surface area (Å²) in [6.07, 6.45) is 6.23. The topological polar surface area (TPSA) is 106 Å². The van der Waals surface area contributed by atoms with Gasteiger partial charge in [0, 0.05) is 18.5 Å². The number of thioether (sulfide) groups is 1. The van der Waals surface area contributed by atoms with E-state index in [4.69, 9.17) is 0 Å². The molecule has 1 atom stereocenters. The van der Waals surface area contributed by atoms with Crippen LogP contribution in [0.2, 0.25) is 0 Å². The van der Waals surface area contributed by atoms with Gasteiger partial charge in [-0.25, -0.2) is 17.5 Å². The standard InChI is InChI=1S/C20H28FN5O3S2/c1-3-31(28,29)25-16(10-12-30-2)20(27)22-17-13-14(8-9-15(17)21)19-24-23-18-7-5-4-6-11-26(18)19/h8-9,13,16,25H,3-7,10-12H2,1-2H3,(H,22,27). The molecule has 0 aliphatic carbocycles. The molecule has 8 nitrogen and oxygen atoms in total. The normalized spacial score (nSPS) is 15.2. The summed E-state index contributed by atoms with van der Waals surface area (Å²) in [5.74, 6) is 0.791. The molecule has 31 heavy (non-hydrogen) atoms. The first-order valence-electron chi connectivity index (χ1n) is 10.4. The van der Waals surface area contributed by atoms with E-state index >= 15 is 0 Å². The Morgan fingerprint density at radius 3 is 2.84 bits per heavy atom. The quantitative estimate of drug-likeness (QED) is 0.585. The molecule has 170 valence electrons. The number of fused-ring (bicyclic) bond motifs is 1. The molecule has 0 saturated carbocycles. The molecule has 0 radical (unpaired) electrons. The fourth-order valence-electron chi connectivity index (χ4n) is 3.46. The monoisotopic (exact) mass is 469 g/mol. The number of sulfonamides is 1. The number of nitrogens with zero attached hydrogens (tertiary/aromatic N) is 3. The molecular weight excluding hydrogens is 441 g/mol. The Morgan fingerprint density at radius 2 is 2.10 bits per heavy atom. The highest BCUT2D eigenvalue weighted by Crippen LogP contribution is 2.26. The van der Waals surface area contributed by atoms with E-state index in [1.165, 1.54) is 30.8 Å². The second-order valence-corrected chi connectivity index (χ2v) is 10.5. The fourth-order valence-corrected chi connectivity index (χ4v) is 4.75. The van der Waals surface area contributed by atoms with Crippen LogP contribution >= 0.6 is 11.8 Å². The second-order valence-electron chi connectivity index (χ2n) is 7.44. The van der Waals surface area contributed by atoms with Gasteiger partial charge in [-0.3, -0.25) is 4.79 Å². The Bertz CT molecular complexity index is 1030. The van der Waals surface area contributed by atoms with E-state index in [0.29, 0.717) is 23.6 Å². The van der Waals surface area contributed by atoms with Crippen molar-refractivity contribution in [1.29, 1.82) is 0 Å². The number of benzene rings is 1. The smallest absolute Gasteiger partial charge is 0.242 e. The number of nitrogens with one attached hydrogen (secondary N) is 2. The summed E-state index contributed by atoms with van der Waals surface area (Å²) in [7, 11) is -3.59. The highest BCUT2D eigenvalue weighted by Gasteiger charge is 2.24. The van der Waals surface area contributed by atoms with Crippen molar-refractivity contribution in [3.8, 4) is 11.4 Å². The molecule has 1 aliphatic heterocycles. The molecule has 1 amide bonds. The maximum absolute atomic E-state index is 14.5. The van der Waals surface area contributed by atoms with Crippen LogP contribution in [0.4, 0.5) is 10.1 Å². The maximum atomic E-state index is 14.5. The molecule has 3 rings (SSSR count). The van der Waals surface area contributed by atoms with Crippen LogP contribution in [0.1, 0.15) is 38.4 Å². The van der Waals surface area contributed by atoms with Crippen LogP contribution in [0.3, 0.4) is 0 Å². The molecule has 0 bridgehead atoms. The number of carbonyl (C=O) groups excluding carboxylic acids is 1. The zero-order valence-electron chi connectivity index (χ0n) is 17.7. The Morgan fingerprint density at radius 1 is 1.29 bits per heavy atom. The van der Waals surface area contributed by atoms with Gasteiger partial charge >= 0.3 is 0 Å². The molecule has 11 heteroatoms. The number of carbonyl (C=O) groups is 1. The van der Waals surface area contributed by atoms with Gasteiger partial charge in [0.25, 0.3) is 0 Å². The average Bonchev–Trinajstić information content (AvgIpc) is 3.00. The lowest BCUT2D eigenvalue weighted by Crippen LogP contribution is -2.44. The zero-order valence-corrected chi connectivity index (χ0v) is 19.4. The number of aryl methyl sites for hydroxylation is 1. The minimum atomic E-state index is -3.59. The lowest BCUT2D eigenvalue weighted by molar-refractivity contribution is -0.117. The van der Waals surface area contributed by atoms with Crippen molar-refractivity contribution in [2.45, 2.75) is 51.6 Å². The van der Waals surface area contributed by atoms with Gasteiger partial charge in [0.05, 0.1) is 11.4 Å². The lowest BCUT2D eigenvalue weighted by atomic mass is 10.1. The first kappa shape index (κ1) is 23.7. The fraction of sp³-hybridized carbons (Fsp3) is 0.550. The van der Waals surface area contributed by atoms with E-state index in [1.807, 2.05) is 10.8 Å². The van der Waals surface area contributed by atoms with Gasteiger partial charge in [0.1, 0.15) is 17.7 Å². The summed E-state index contributed by atoms with van der Waals surface area (Å²) in [4.78, 5) is 12.8. The largest absolute Gasteiger partial charge is 0.322 e. The predicted molar refractivity (Wildman–Crippen MR) is 121 cm³/mol. The van der Waals surface area contributed by atoms with Crippen molar-refractivity contribution in [3.05, 3.63) is 29.8 Å². The van der Waals surface area contributed by atoms with Gasteiger partial charge in [0.15, 0.2) is 5.82 Å². The second kappa shape index (κ2) is 10.6. The van der Waals surface area contributed by atoms with Crippen LogP contribution < -0.4 is 10.0 Å². The molecule has 0 fully saturated rings. The highest BCUT2D eigenvalue weighted by atomic mass is 32.2. The van der Waals surface area contributed by atoms with Gasteiger partial charge < -0.3 is 9.88 Å². The van der Waals surface area contributed by atoms with Crippen molar-refractivity contribution >= 4 is 33.4 Å². The average molecular weight is 470 g/mol. The van der Waals surface area contributed by atoms with E-state index in [1.54, 1.807) is 6.07 Å². The predicted octanol–water partition coefficient (Wildman–Crippen LogP) is 2.81. The Balaban J connectivity index is 1.84. The van der Waals surface area contributed by atoms with E-state index in [-0.39, 0.29) is 11.4 Å². The lowest BCUT2D eigenvalue weighted by Gasteiger charge is -2.18. The summed E-state index contributed by atoms with van der Waals surface area (Å²) < 4.78 is 42.9. The third kappa shape index (κ3) is 6.05. The minimum Gasteiger partial charge on any atom is -0.322 e. The summed E-state index contributed by atoms with van der Waals surface area (Å²) in [5, 5.41) is 11.1. The van der Waals surface area contributed by atoms with Crippen LogP contribution in [-0.4, -0.2) is 52.9 Å². The van der Waals surface area contributed by atoms with Crippen LogP contribution in [0, 0.1) is 5.82 Å². The zero-order chi connectivity index (χ0) is 22.4. The number of hydrogen-bond donors (Lipinski definition) is 2. The van der Waals surface area contributed by atoms with Gasteiger partial charge in [-0.1, -0.05) is 6.42 Å². The third-order valence-electron chi connectivity index (χ3n) is 5.22. The molecule has 2 heterocycles. The Kier molecular flexibility index (Phi) is 8.06. The summed E-state index contributed by atoms with van der Waals surface area (Å²) in [6, 6.07) is 3.43. The van der Waals surface area contributed by atoms with E-state index in [0.717, 1.165) is 38.1 Å². The number of rotatable bonds is 9. The van der Waals surface area contributed by atoms with Crippen molar-refractivity contribution < 1.29 is 17.6 Å². The highest BCUT2D eigenvalue weighted by molar-refractivity contribution is 7.98. The van der Waals surface area contributed by atoms with Crippen LogP contribution in [0.5, 0.6) is 0 Å². The maximum Gasteiger partial charge on any atom is 0.242 e. The van der Waals surface area contributed by atoms with Crippen LogP contribution in [0.25, 0.3) is 11.4 Å². The molecule has 1 unspecified atom stereocenters. The third-order valence-corrected chi connectivity index (χ3v) is 7.27. The first-order valence-corrected chi connectivity index (χ1v) is 13.4. The van der Waals surface area contributed by atoms with Crippen LogP contribution in [-0.2, 0) is 27.8 Å². The number of hydrogen-bond acceptors (Lipinski definition) is 6. The molecule has 1 aliphatic rings. The number of halogens is 1. The van der Waals surface area contributed by atoms with Crippen molar-refractivity contribution in [2.75, 3.05) is 23.1 Å². The SMILES string of the molecule is CCS(=O)(=O)NC(CCSC)C(=O)Nc1cc(-c2nnc3n2CCCCC3)ccc1F. The van der Waals surface area contributed by atoms with Gasteiger partial charge in [-0.15, -0.1) is 10.2 Å². The van der Waals surface area contributed by atoms with Crippen molar-refractivity contribution in [3.63, 3.8) is 0 Å². The van der Waals surface area contributed by atoms with Crippen LogP contribution in [0.15, 0.2) is 18.2 Å². The molecule has 1 aromatic heterocycles. The number of aromatic nitrogens is 3. The van der Waals surface area contributed by atoms with Crippen molar-refractivity contribution in [1.82, 2.24) is 19.5 Å². The number of anilines is 1. The summed E-state index contributed by atoms with van der Waals surface area (Å²) in [6.45, 7) is 2.29. The Hall–Kier alpha value is -1.98. The van der Waals surface area contributed by atoms with Gasteiger partial charge in [-0.2, -0.15) is 11.8 Å². The number of amides is 1. The molecular formula is C20H28FN5O3S2. The van der Waals surface area contributed by atoms with E-state index in [9.17, 15) is 17.6 Å². The summed E-state index contributed by atoms with van der Waals surface area (Å²) in [5.41, 5.74) is 0.630. The van der Waals surface area contributed by atoms with E-state index < -0.39 is 27.8 Å². The minimum absolute atomic E-state index is 0.0154. The first-order chi connectivity index (χ1) is 14.8. The van der Waals surface area contributed by atoms with Crippen molar-refractivity contribution in [2.24, 2.45) is 0 Å². The Labute approximate surface area is 186 Å². The van der Waals surface area contributed by atoms with Gasteiger partial charge in [-0.05, 0) is 56.4 Å². The molecule has 2 N–H and O–H groups in total. The summed E-state index contributed by atoms with van der Waals surface area (Å²) >= 11 is 1.50. The van der Waals surface area contributed by atoms with Gasteiger partial charge in [0.2, 0.25) is 15.9 Å². The molecule has 2 aromatic rings. The van der Waals surface area contributed by atoms with E-state index in [2.05, 4.69) is 20.2 Å². The molecule has 1 aromatic carbocycles. The molecule has 0 spiro atoms. The molecule has 0 saturated heterocycles.